The van der Waals surface area contributed by atoms with E-state index in [1.807, 2.05) is 31.2 Å². The van der Waals surface area contributed by atoms with E-state index >= 15 is 0 Å². The van der Waals surface area contributed by atoms with E-state index in [-0.39, 0.29) is 12.6 Å². The number of hydrogen-bond donors (Lipinski definition) is 3. The van der Waals surface area contributed by atoms with E-state index < -0.39 is 11.9 Å². The summed E-state index contributed by atoms with van der Waals surface area (Å²) in [6.45, 7) is 2.48. The average Bonchev–Trinajstić information content (AvgIpc) is 2.42. The summed E-state index contributed by atoms with van der Waals surface area (Å²) in [5.41, 5.74) is 0.978. The van der Waals surface area contributed by atoms with Gasteiger partial charge in [0.15, 0.2) is 0 Å². The van der Waals surface area contributed by atoms with Gasteiger partial charge >= 0.3 is 12.0 Å². The predicted octanol–water partition coefficient (Wildman–Crippen LogP) is 2.75. The molecule has 0 bridgehead atoms. The first-order valence-corrected chi connectivity index (χ1v) is 7.31. The number of carboxylic acid groups (broad SMARTS) is 1. The smallest absolute Gasteiger partial charge is 0.315 e. The largest absolute Gasteiger partial charge is 0.481 e. The van der Waals surface area contributed by atoms with Crippen LogP contribution in [0.3, 0.4) is 0 Å². The SMILES string of the molecule is CCCC(CNC(=O)NCc1ccc(Br)cc1)C(=O)O. The second-order valence-corrected chi connectivity index (χ2v) is 5.43. The number of rotatable bonds is 7. The molecular formula is C14H19BrN2O3. The molecule has 6 heteroatoms. The van der Waals surface area contributed by atoms with E-state index in [4.69, 9.17) is 5.11 Å². The number of amides is 2. The molecule has 2 amide bonds. The molecule has 20 heavy (non-hydrogen) atoms. The van der Waals surface area contributed by atoms with Gasteiger partial charge in [-0.05, 0) is 24.1 Å². The molecule has 1 rings (SSSR count). The standard InChI is InChI=1S/C14H19BrN2O3/c1-2-3-11(13(18)19)9-17-14(20)16-8-10-4-6-12(15)7-5-10/h4-7,11H,2-3,8-9H2,1H3,(H,18,19)(H2,16,17,20). The maximum atomic E-state index is 11.6. The van der Waals surface area contributed by atoms with E-state index in [2.05, 4.69) is 26.6 Å². The molecule has 110 valence electrons. The van der Waals surface area contributed by atoms with Gasteiger partial charge in [0.1, 0.15) is 0 Å². The zero-order valence-electron chi connectivity index (χ0n) is 11.4. The summed E-state index contributed by atoms with van der Waals surface area (Å²) >= 11 is 3.34. The summed E-state index contributed by atoms with van der Waals surface area (Å²) in [7, 11) is 0. The first kappa shape index (κ1) is 16.5. The van der Waals surface area contributed by atoms with Crippen LogP contribution in [0.1, 0.15) is 25.3 Å². The second-order valence-electron chi connectivity index (χ2n) is 4.51. The first-order valence-electron chi connectivity index (χ1n) is 6.52. The summed E-state index contributed by atoms with van der Waals surface area (Å²) in [4.78, 5) is 22.5. The molecule has 0 aromatic heterocycles. The Morgan fingerprint density at radius 1 is 1.25 bits per heavy atom. The monoisotopic (exact) mass is 342 g/mol. The van der Waals surface area contributed by atoms with Crippen LogP contribution in [0.5, 0.6) is 0 Å². The van der Waals surface area contributed by atoms with Crippen molar-refractivity contribution in [3.05, 3.63) is 34.3 Å². The van der Waals surface area contributed by atoms with Gasteiger partial charge < -0.3 is 15.7 Å². The van der Waals surface area contributed by atoms with Crippen molar-refractivity contribution in [2.45, 2.75) is 26.3 Å². The lowest BCUT2D eigenvalue weighted by molar-refractivity contribution is -0.141. The third-order valence-corrected chi connectivity index (χ3v) is 3.39. The Morgan fingerprint density at radius 3 is 2.45 bits per heavy atom. The van der Waals surface area contributed by atoms with Crippen LogP contribution in [-0.2, 0) is 11.3 Å². The first-order chi connectivity index (χ1) is 9.52. The highest BCUT2D eigenvalue weighted by atomic mass is 79.9. The molecule has 1 aromatic carbocycles. The second kappa shape index (κ2) is 8.58. The van der Waals surface area contributed by atoms with Crippen molar-refractivity contribution in [2.24, 2.45) is 5.92 Å². The van der Waals surface area contributed by atoms with Crippen molar-refractivity contribution in [3.8, 4) is 0 Å². The number of carboxylic acids is 1. The fourth-order valence-corrected chi connectivity index (χ4v) is 1.99. The van der Waals surface area contributed by atoms with Gasteiger partial charge in [0.2, 0.25) is 0 Å². The topological polar surface area (TPSA) is 78.4 Å². The molecule has 1 atom stereocenters. The van der Waals surface area contributed by atoms with Gasteiger partial charge in [-0.2, -0.15) is 0 Å². The quantitative estimate of drug-likeness (QED) is 0.712. The van der Waals surface area contributed by atoms with Gasteiger partial charge in [-0.15, -0.1) is 0 Å². The summed E-state index contributed by atoms with van der Waals surface area (Å²) in [5.74, 6) is -1.40. The van der Waals surface area contributed by atoms with E-state index in [9.17, 15) is 9.59 Å². The van der Waals surface area contributed by atoms with Crippen LogP contribution in [-0.4, -0.2) is 23.7 Å². The predicted molar refractivity (Wildman–Crippen MR) is 80.4 cm³/mol. The van der Waals surface area contributed by atoms with Crippen LogP contribution in [0, 0.1) is 5.92 Å². The Balaban J connectivity index is 2.32. The highest BCUT2D eigenvalue weighted by molar-refractivity contribution is 9.10. The molecule has 0 spiro atoms. The molecule has 5 nitrogen and oxygen atoms in total. The van der Waals surface area contributed by atoms with Crippen LogP contribution in [0.15, 0.2) is 28.7 Å². The van der Waals surface area contributed by atoms with Crippen molar-refractivity contribution in [1.29, 1.82) is 0 Å². The van der Waals surface area contributed by atoms with Gasteiger partial charge in [-0.3, -0.25) is 4.79 Å². The highest BCUT2D eigenvalue weighted by Gasteiger charge is 2.16. The van der Waals surface area contributed by atoms with Crippen LogP contribution < -0.4 is 10.6 Å². The van der Waals surface area contributed by atoms with Crippen molar-refractivity contribution >= 4 is 27.9 Å². The van der Waals surface area contributed by atoms with Gasteiger partial charge in [-0.1, -0.05) is 41.4 Å². The summed E-state index contributed by atoms with van der Waals surface area (Å²) in [6.07, 6.45) is 1.33. The number of benzene rings is 1. The van der Waals surface area contributed by atoms with Crippen LogP contribution >= 0.6 is 15.9 Å². The molecule has 0 saturated carbocycles. The fraction of sp³-hybridized carbons (Fsp3) is 0.429. The Hall–Kier alpha value is -1.56. The van der Waals surface area contributed by atoms with E-state index in [1.165, 1.54) is 0 Å². The van der Waals surface area contributed by atoms with Crippen molar-refractivity contribution in [2.75, 3.05) is 6.54 Å². The summed E-state index contributed by atoms with van der Waals surface area (Å²) < 4.78 is 0.981. The lowest BCUT2D eigenvalue weighted by Gasteiger charge is -2.13. The summed E-state index contributed by atoms with van der Waals surface area (Å²) in [5, 5.41) is 14.3. The van der Waals surface area contributed by atoms with Crippen LogP contribution in [0.2, 0.25) is 0 Å². The molecule has 3 N–H and O–H groups in total. The Labute approximate surface area is 126 Å². The van der Waals surface area contributed by atoms with Crippen LogP contribution in [0.25, 0.3) is 0 Å². The van der Waals surface area contributed by atoms with Crippen molar-refractivity contribution < 1.29 is 14.7 Å². The molecular weight excluding hydrogens is 324 g/mol. The number of carbonyl (C=O) groups is 2. The molecule has 1 aromatic rings. The molecule has 0 aliphatic carbocycles. The number of carbonyl (C=O) groups excluding carboxylic acids is 1. The number of nitrogens with one attached hydrogen (secondary N) is 2. The maximum Gasteiger partial charge on any atom is 0.315 e. The Bertz CT molecular complexity index is 448. The van der Waals surface area contributed by atoms with Gasteiger partial charge in [-0.25, -0.2) is 4.79 Å². The minimum Gasteiger partial charge on any atom is -0.481 e. The lowest BCUT2D eigenvalue weighted by Crippen LogP contribution is -2.39. The van der Waals surface area contributed by atoms with Gasteiger partial charge in [0, 0.05) is 17.6 Å². The fourth-order valence-electron chi connectivity index (χ4n) is 1.72. The van der Waals surface area contributed by atoms with E-state index in [0.717, 1.165) is 16.5 Å². The zero-order valence-corrected chi connectivity index (χ0v) is 12.9. The highest BCUT2D eigenvalue weighted by Crippen LogP contribution is 2.10. The number of aliphatic carboxylic acids is 1. The Kier molecular flexibility index (Phi) is 7.08. The molecule has 0 aliphatic rings. The lowest BCUT2D eigenvalue weighted by atomic mass is 10.0. The molecule has 0 fully saturated rings. The maximum absolute atomic E-state index is 11.6. The van der Waals surface area contributed by atoms with Crippen LogP contribution in [0.4, 0.5) is 4.79 Å². The number of hydrogen-bond acceptors (Lipinski definition) is 2. The van der Waals surface area contributed by atoms with E-state index in [1.54, 1.807) is 0 Å². The van der Waals surface area contributed by atoms with Gasteiger partial charge in [0.05, 0.1) is 5.92 Å². The molecule has 0 saturated heterocycles. The zero-order chi connectivity index (χ0) is 15.0. The molecule has 1 unspecified atom stereocenters. The molecule has 0 radical (unpaired) electrons. The van der Waals surface area contributed by atoms with Crippen molar-refractivity contribution in [1.82, 2.24) is 10.6 Å². The minimum absolute atomic E-state index is 0.148. The molecule has 0 heterocycles. The number of urea groups is 1. The third kappa shape index (κ3) is 6.06. The number of halogens is 1. The van der Waals surface area contributed by atoms with Gasteiger partial charge in [0.25, 0.3) is 0 Å². The summed E-state index contributed by atoms with van der Waals surface area (Å²) in [6, 6.07) is 7.26. The van der Waals surface area contributed by atoms with E-state index in [0.29, 0.717) is 13.0 Å². The molecule has 0 aliphatic heterocycles. The third-order valence-electron chi connectivity index (χ3n) is 2.86. The van der Waals surface area contributed by atoms with Crippen molar-refractivity contribution in [3.63, 3.8) is 0 Å². The normalized spacial score (nSPS) is 11.7. The average molecular weight is 343 g/mol. The Morgan fingerprint density at radius 2 is 1.90 bits per heavy atom. The minimum atomic E-state index is -0.875.